The zero-order valence-corrected chi connectivity index (χ0v) is 18.6. The number of aliphatic hydroxyl groups is 1. The second kappa shape index (κ2) is 9.02. The van der Waals surface area contributed by atoms with Gasteiger partial charge in [-0.15, -0.1) is 0 Å². The molecule has 1 saturated carbocycles. The number of hydrogen-bond acceptors (Lipinski definition) is 3. The van der Waals surface area contributed by atoms with E-state index in [-0.39, 0.29) is 22.0 Å². The number of fused-ring (bicyclic) bond motifs is 2. The molecule has 0 atom stereocenters. The van der Waals surface area contributed by atoms with Crippen LogP contribution in [-0.2, 0) is 16.0 Å². The second-order valence-electron chi connectivity index (χ2n) is 8.80. The minimum absolute atomic E-state index is 0.0695. The first-order chi connectivity index (χ1) is 15.2. The third kappa shape index (κ3) is 4.50. The number of allylic oxidation sites excluding steroid dienone is 1. The van der Waals surface area contributed by atoms with Crippen molar-refractivity contribution in [3.05, 3.63) is 65.2 Å². The van der Waals surface area contributed by atoms with Crippen molar-refractivity contribution in [2.24, 2.45) is 11.8 Å². The molecule has 172 valence electrons. The van der Waals surface area contributed by atoms with Crippen molar-refractivity contribution in [2.75, 3.05) is 6.61 Å². The fourth-order valence-corrected chi connectivity index (χ4v) is 6.68. The fraction of sp³-hybridized carbons (Fsp3) is 0.440. The summed E-state index contributed by atoms with van der Waals surface area (Å²) in [6, 6.07) is 9.42. The molecule has 0 aromatic heterocycles. The van der Waals surface area contributed by atoms with Crippen LogP contribution in [0.3, 0.4) is 0 Å². The lowest BCUT2D eigenvalue weighted by Crippen LogP contribution is -2.16. The first-order valence-electron chi connectivity index (χ1n) is 11.1. The molecule has 2 aliphatic rings. The lowest BCUT2D eigenvalue weighted by Gasteiger charge is -2.28. The number of halogens is 3. The van der Waals surface area contributed by atoms with Gasteiger partial charge in [0.05, 0.1) is 15.4 Å². The van der Waals surface area contributed by atoms with E-state index < -0.39 is 21.6 Å². The van der Waals surface area contributed by atoms with Crippen LogP contribution in [0.2, 0.25) is 0 Å². The third-order valence-corrected chi connectivity index (χ3v) is 8.65. The maximum atomic E-state index is 13.4. The highest BCUT2D eigenvalue weighted by Crippen LogP contribution is 2.44. The van der Waals surface area contributed by atoms with Crippen LogP contribution in [0.5, 0.6) is 0 Å². The van der Waals surface area contributed by atoms with Crippen LogP contribution in [0.1, 0.15) is 61.6 Å². The van der Waals surface area contributed by atoms with Crippen LogP contribution in [-0.4, -0.2) is 20.1 Å². The fourth-order valence-electron chi connectivity index (χ4n) is 5.01. The van der Waals surface area contributed by atoms with Crippen molar-refractivity contribution in [3.8, 4) is 0 Å². The van der Waals surface area contributed by atoms with Gasteiger partial charge in [0.15, 0.2) is 0 Å². The summed E-state index contributed by atoms with van der Waals surface area (Å²) in [6.45, 7) is 0.225. The van der Waals surface area contributed by atoms with E-state index in [2.05, 4.69) is 0 Å². The number of benzene rings is 2. The van der Waals surface area contributed by atoms with Crippen LogP contribution in [0.4, 0.5) is 13.2 Å². The van der Waals surface area contributed by atoms with Gasteiger partial charge in [-0.25, -0.2) is 8.42 Å². The van der Waals surface area contributed by atoms with Gasteiger partial charge >= 0.3 is 6.18 Å². The highest BCUT2D eigenvalue weighted by molar-refractivity contribution is 7.91. The Morgan fingerprint density at radius 1 is 0.906 bits per heavy atom. The Kier molecular flexibility index (Phi) is 6.50. The van der Waals surface area contributed by atoms with Crippen molar-refractivity contribution in [1.82, 2.24) is 0 Å². The molecule has 0 spiro atoms. The van der Waals surface area contributed by atoms with Gasteiger partial charge in [-0.2, -0.15) is 13.2 Å². The Morgan fingerprint density at radius 2 is 1.53 bits per heavy atom. The monoisotopic (exact) mass is 464 g/mol. The molecule has 7 heteroatoms. The summed E-state index contributed by atoms with van der Waals surface area (Å²) >= 11 is 0. The van der Waals surface area contributed by atoms with Crippen molar-refractivity contribution in [1.29, 1.82) is 0 Å². The molecule has 2 aromatic rings. The smallest absolute Gasteiger partial charge is 0.396 e. The first kappa shape index (κ1) is 23.1. The normalized spacial score (nSPS) is 23.6. The topological polar surface area (TPSA) is 54.4 Å². The van der Waals surface area contributed by atoms with Crippen LogP contribution in [0.25, 0.3) is 5.57 Å². The van der Waals surface area contributed by atoms with Gasteiger partial charge in [-0.1, -0.05) is 50.0 Å². The summed E-state index contributed by atoms with van der Waals surface area (Å²) in [4.78, 5) is 0.0722. The van der Waals surface area contributed by atoms with Gasteiger partial charge in [0, 0.05) is 17.7 Å². The zero-order chi connectivity index (χ0) is 22.9. The van der Waals surface area contributed by atoms with Crippen molar-refractivity contribution < 1.29 is 26.7 Å². The van der Waals surface area contributed by atoms with E-state index in [9.17, 15) is 21.6 Å². The van der Waals surface area contributed by atoms with Crippen LogP contribution < -0.4 is 0 Å². The van der Waals surface area contributed by atoms with E-state index in [1.165, 1.54) is 6.07 Å². The Bertz CT molecular complexity index is 1110. The second-order valence-corrected chi connectivity index (χ2v) is 10.7. The Balaban J connectivity index is 1.65. The quantitative estimate of drug-likeness (QED) is 0.485. The zero-order valence-electron chi connectivity index (χ0n) is 17.7. The Labute approximate surface area is 186 Å². The Hall–Kier alpha value is -2.12. The van der Waals surface area contributed by atoms with Gasteiger partial charge in [0.2, 0.25) is 9.84 Å². The first-order valence-corrected chi connectivity index (χ1v) is 12.6. The summed E-state index contributed by atoms with van der Waals surface area (Å²) in [6.07, 6.45) is 4.18. The molecule has 3 nitrogen and oxygen atoms in total. The molecule has 4 rings (SSSR count). The molecule has 1 fully saturated rings. The third-order valence-electron chi connectivity index (χ3n) is 6.78. The molecule has 1 aliphatic carbocycles. The van der Waals surface area contributed by atoms with Crippen LogP contribution in [0.15, 0.2) is 58.3 Å². The van der Waals surface area contributed by atoms with Crippen LogP contribution in [0, 0.1) is 11.8 Å². The van der Waals surface area contributed by atoms with Crippen LogP contribution >= 0.6 is 0 Å². The molecule has 2 aromatic carbocycles. The molecule has 0 saturated heterocycles. The van der Waals surface area contributed by atoms with E-state index in [4.69, 9.17) is 5.11 Å². The van der Waals surface area contributed by atoms with E-state index in [1.54, 1.807) is 18.2 Å². The number of hydrogen-bond donors (Lipinski definition) is 1. The maximum Gasteiger partial charge on any atom is 0.416 e. The molecule has 1 heterocycles. The Morgan fingerprint density at radius 3 is 2.19 bits per heavy atom. The average molecular weight is 465 g/mol. The molecule has 1 aliphatic heterocycles. The van der Waals surface area contributed by atoms with Gasteiger partial charge in [-0.05, 0) is 60.9 Å². The van der Waals surface area contributed by atoms with Gasteiger partial charge in [0.1, 0.15) is 0 Å². The minimum Gasteiger partial charge on any atom is -0.396 e. The molecule has 0 bridgehead atoms. The standard InChI is InChI=1S/C25H27F3O3S/c26-25(27,28)19-12-13-24-22(16-19)20(21-5-1-2-7-23(21)32(24,30)31)6-3-4-17-8-10-18(11-9-17)14-15-29/h1-2,5-7,12-13,16-18,29H,3-4,8-11,14-15H2/b20-6+. The molecule has 0 unspecified atom stereocenters. The van der Waals surface area contributed by atoms with Gasteiger partial charge < -0.3 is 5.11 Å². The predicted octanol–water partition coefficient (Wildman–Crippen LogP) is 6.25. The maximum absolute atomic E-state index is 13.4. The average Bonchev–Trinajstić information content (AvgIpc) is 2.76. The highest BCUT2D eigenvalue weighted by atomic mass is 32.2. The predicted molar refractivity (Wildman–Crippen MR) is 117 cm³/mol. The lowest BCUT2D eigenvalue weighted by molar-refractivity contribution is -0.137. The molecule has 32 heavy (non-hydrogen) atoms. The van der Waals surface area contributed by atoms with Crippen molar-refractivity contribution >= 4 is 15.4 Å². The van der Waals surface area contributed by atoms with Crippen molar-refractivity contribution in [3.63, 3.8) is 0 Å². The molecule has 1 N–H and O–H groups in total. The van der Waals surface area contributed by atoms with E-state index in [1.807, 2.05) is 6.08 Å². The van der Waals surface area contributed by atoms with E-state index >= 15 is 0 Å². The minimum atomic E-state index is -4.55. The molecular formula is C25H27F3O3S. The number of sulfone groups is 1. The number of aliphatic hydroxyl groups excluding tert-OH is 1. The molecular weight excluding hydrogens is 437 g/mol. The van der Waals surface area contributed by atoms with Gasteiger partial charge in [0.25, 0.3) is 0 Å². The highest BCUT2D eigenvalue weighted by Gasteiger charge is 2.36. The van der Waals surface area contributed by atoms with E-state index in [0.717, 1.165) is 56.7 Å². The molecule has 0 radical (unpaired) electrons. The lowest BCUT2D eigenvalue weighted by atomic mass is 9.78. The number of rotatable bonds is 5. The number of alkyl halides is 3. The molecule has 0 amide bonds. The van der Waals surface area contributed by atoms with Gasteiger partial charge in [-0.3, -0.25) is 0 Å². The van der Waals surface area contributed by atoms with E-state index in [0.29, 0.717) is 29.4 Å². The summed E-state index contributed by atoms with van der Waals surface area (Å²) in [5.74, 6) is 1.13. The summed E-state index contributed by atoms with van der Waals surface area (Å²) in [7, 11) is -3.88. The largest absolute Gasteiger partial charge is 0.416 e. The summed E-state index contributed by atoms with van der Waals surface area (Å²) in [5.41, 5.74) is 0.306. The van der Waals surface area contributed by atoms with Crippen molar-refractivity contribution in [2.45, 2.75) is 60.9 Å². The summed E-state index contributed by atoms with van der Waals surface area (Å²) in [5, 5.41) is 9.12. The SMILES string of the molecule is O=S1(=O)c2ccccc2/C(=C\CCC2CCC(CCO)CC2)c2cc(C(F)(F)F)ccc21. The summed E-state index contributed by atoms with van der Waals surface area (Å²) < 4.78 is 66.3.